The number of likely N-dealkylation sites (tertiary alicyclic amines) is 1. The first-order valence-corrected chi connectivity index (χ1v) is 6.84. The molecule has 2 fully saturated rings. The van der Waals surface area contributed by atoms with Gasteiger partial charge in [-0.3, -0.25) is 9.59 Å². The van der Waals surface area contributed by atoms with Crippen molar-refractivity contribution in [3.8, 4) is 0 Å². The number of nitrogens with zero attached hydrogens (tertiary/aromatic N) is 1. The molecule has 0 atom stereocenters. The molecular formula is C13H22N2O3. The maximum absolute atomic E-state index is 12.4. The van der Waals surface area contributed by atoms with Crippen LogP contribution < -0.4 is 5.73 Å². The van der Waals surface area contributed by atoms with Gasteiger partial charge in [-0.2, -0.15) is 0 Å². The Morgan fingerprint density at radius 1 is 1.11 bits per heavy atom. The number of amides is 1. The summed E-state index contributed by atoms with van der Waals surface area (Å²) in [5, 5.41) is 8.93. The summed E-state index contributed by atoms with van der Waals surface area (Å²) < 4.78 is 0. The summed E-state index contributed by atoms with van der Waals surface area (Å²) in [6, 6.07) is 0. The molecule has 0 radical (unpaired) electrons. The Labute approximate surface area is 107 Å². The third-order valence-electron chi connectivity index (χ3n) is 4.30. The molecule has 0 aromatic heterocycles. The lowest BCUT2D eigenvalue weighted by Crippen LogP contribution is -2.57. The Morgan fingerprint density at radius 2 is 1.67 bits per heavy atom. The average molecular weight is 254 g/mol. The van der Waals surface area contributed by atoms with Crippen LogP contribution in [0.2, 0.25) is 0 Å². The van der Waals surface area contributed by atoms with Crippen molar-refractivity contribution in [3.63, 3.8) is 0 Å². The lowest BCUT2D eigenvalue weighted by molar-refractivity contribution is -0.147. The number of piperidine rings is 1. The highest BCUT2D eigenvalue weighted by atomic mass is 16.4. The molecule has 5 heteroatoms. The fourth-order valence-corrected chi connectivity index (χ4v) is 3.04. The second-order valence-corrected chi connectivity index (χ2v) is 5.62. The van der Waals surface area contributed by atoms with Crippen LogP contribution in [-0.4, -0.2) is 40.5 Å². The molecule has 0 bridgehead atoms. The standard InChI is InChI=1S/C13H22N2O3/c14-13(6-2-1-3-7-13)12(18)15-8-4-10(5-9-15)11(16)17/h10H,1-9,14H2,(H,16,17). The maximum atomic E-state index is 12.4. The zero-order valence-electron chi connectivity index (χ0n) is 10.7. The highest BCUT2D eigenvalue weighted by Gasteiger charge is 2.39. The van der Waals surface area contributed by atoms with Gasteiger partial charge in [0.15, 0.2) is 0 Å². The van der Waals surface area contributed by atoms with Crippen LogP contribution in [0.5, 0.6) is 0 Å². The van der Waals surface area contributed by atoms with Crippen molar-refractivity contribution in [3.05, 3.63) is 0 Å². The first kappa shape index (κ1) is 13.3. The minimum absolute atomic E-state index is 0.0334. The van der Waals surface area contributed by atoms with Gasteiger partial charge >= 0.3 is 5.97 Å². The van der Waals surface area contributed by atoms with Crippen molar-refractivity contribution < 1.29 is 14.7 Å². The number of rotatable bonds is 2. The molecule has 1 aliphatic carbocycles. The quantitative estimate of drug-likeness (QED) is 0.769. The second-order valence-electron chi connectivity index (χ2n) is 5.62. The molecule has 102 valence electrons. The fourth-order valence-electron chi connectivity index (χ4n) is 3.04. The molecule has 3 N–H and O–H groups in total. The lowest BCUT2D eigenvalue weighted by atomic mass is 9.81. The van der Waals surface area contributed by atoms with E-state index in [1.807, 2.05) is 0 Å². The van der Waals surface area contributed by atoms with E-state index in [1.165, 1.54) is 0 Å². The third-order valence-corrected chi connectivity index (χ3v) is 4.30. The van der Waals surface area contributed by atoms with E-state index >= 15 is 0 Å². The van der Waals surface area contributed by atoms with Crippen molar-refractivity contribution in [2.24, 2.45) is 11.7 Å². The predicted octanol–water partition coefficient (Wildman–Crippen LogP) is 0.971. The average Bonchev–Trinajstić information content (AvgIpc) is 2.39. The SMILES string of the molecule is NC1(C(=O)N2CCC(C(=O)O)CC2)CCCCC1. The molecule has 1 saturated heterocycles. The fraction of sp³-hybridized carbons (Fsp3) is 0.846. The van der Waals surface area contributed by atoms with Crippen molar-refractivity contribution in [1.29, 1.82) is 0 Å². The van der Waals surface area contributed by atoms with E-state index < -0.39 is 11.5 Å². The Hall–Kier alpha value is -1.10. The zero-order chi connectivity index (χ0) is 13.2. The largest absolute Gasteiger partial charge is 0.481 e. The van der Waals surface area contributed by atoms with Gasteiger partial charge in [0.1, 0.15) is 0 Å². The van der Waals surface area contributed by atoms with Crippen LogP contribution in [0, 0.1) is 5.92 Å². The molecule has 0 aromatic carbocycles. The minimum atomic E-state index is -0.748. The highest BCUT2D eigenvalue weighted by molar-refractivity contribution is 5.86. The van der Waals surface area contributed by atoms with Gasteiger partial charge in [0.25, 0.3) is 0 Å². The Balaban J connectivity index is 1.92. The maximum Gasteiger partial charge on any atom is 0.306 e. The molecule has 0 aromatic rings. The summed E-state index contributed by atoms with van der Waals surface area (Å²) in [6.45, 7) is 1.07. The number of carbonyl (C=O) groups excluding carboxylic acids is 1. The van der Waals surface area contributed by atoms with E-state index in [9.17, 15) is 9.59 Å². The van der Waals surface area contributed by atoms with E-state index in [4.69, 9.17) is 10.8 Å². The molecule has 0 unspecified atom stereocenters. The Kier molecular flexibility index (Phi) is 3.90. The third kappa shape index (κ3) is 2.66. The van der Waals surface area contributed by atoms with E-state index in [2.05, 4.69) is 0 Å². The van der Waals surface area contributed by atoms with Gasteiger partial charge in [-0.25, -0.2) is 0 Å². The normalized spacial score (nSPS) is 24.8. The Morgan fingerprint density at radius 3 is 2.17 bits per heavy atom. The molecule has 2 rings (SSSR count). The van der Waals surface area contributed by atoms with Gasteiger partial charge in [-0.1, -0.05) is 19.3 Å². The molecule has 1 amide bonds. The summed E-state index contributed by atoms with van der Waals surface area (Å²) in [5.74, 6) is -1.01. The first-order valence-electron chi connectivity index (χ1n) is 6.84. The summed E-state index contributed by atoms with van der Waals surface area (Å²) in [6.07, 6.45) is 5.85. The smallest absolute Gasteiger partial charge is 0.306 e. The van der Waals surface area contributed by atoms with E-state index in [-0.39, 0.29) is 11.8 Å². The number of hydrogen-bond acceptors (Lipinski definition) is 3. The number of carboxylic acids is 1. The first-order chi connectivity index (χ1) is 8.53. The zero-order valence-corrected chi connectivity index (χ0v) is 10.7. The molecule has 18 heavy (non-hydrogen) atoms. The summed E-state index contributed by atoms with van der Waals surface area (Å²) in [4.78, 5) is 25.0. The lowest BCUT2D eigenvalue weighted by Gasteiger charge is -2.39. The van der Waals surface area contributed by atoms with Crippen molar-refractivity contribution in [1.82, 2.24) is 4.90 Å². The van der Waals surface area contributed by atoms with Gasteiger partial charge in [0, 0.05) is 13.1 Å². The van der Waals surface area contributed by atoms with Crippen molar-refractivity contribution in [2.45, 2.75) is 50.5 Å². The highest BCUT2D eigenvalue weighted by Crippen LogP contribution is 2.29. The van der Waals surface area contributed by atoms with Crippen LogP contribution in [-0.2, 0) is 9.59 Å². The number of carboxylic acid groups (broad SMARTS) is 1. The van der Waals surface area contributed by atoms with Crippen LogP contribution in [0.3, 0.4) is 0 Å². The molecule has 1 saturated carbocycles. The number of hydrogen-bond donors (Lipinski definition) is 2. The van der Waals surface area contributed by atoms with Crippen LogP contribution in [0.1, 0.15) is 44.9 Å². The van der Waals surface area contributed by atoms with E-state index in [0.717, 1.165) is 32.1 Å². The van der Waals surface area contributed by atoms with Crippen molar-refractivity contribution >= 4 is 11.9 Å². The second kappa shape index (κ2) is 5.26. The molecular weight excluding hydrogens is 232 g/mol. The van der Waals surface area contributed by atoms with Crippen LogP contribution >= 0.6 is 0 Å². The van der Waals surface area contributed by atoms with Gasteiger partial charge < -0.3 is 15.7 Å². The molecule has 2 aliphatic rings. The van der Waals surface area contributed by atoms with Gasteiger partial charge in [-0.05, 0) is 25.7 Å². The monoisotopic (exact) mass is 254 g/mol. The summed E-state index contributed by atoms with van der Waals surface area (Å²) in [5.41, 5.74) is 5.53. The molecule has 0 spiro atoms. The number of nitrogens with two attached hydrogens (primary N) is 1. The molecule has 1 aliphatic heterocycles. The minimum Gasteiger partial charge on any atom is -0.481 e. The summed E-state index contributed by atoms with van der Waals surface area (Å²) >= 11 is 0. The predicted molar refractivity (Wildman–Crippen MR) is 66.9 cm³/mol. The van der Waals surface area contributed by atoms with E-state index in [0.29, 0.717) is 25.9 Å². The van der Waals surface area contributed by atoms with E-state index in [1.54, 1.807) is 4.90 Å². The number of aliphatic carboxylic acids is 1. The van der Waals surface area contributed by atoms with Crippen LogP contribution in [0.4, 0.5) is 0 Å². The van der Waals surface area contributed by atoms with Gasteiger partial charge in [0.05, 0.1) is 11.5 Å². The van der Waals surface area contributed by atoms with Crippen LogP contribution in [0.25, 0.3) is 0 Å². The van der Waals surface area contributed by atoms with Gasteiger partial charge in [0.2, 0.25) is 5.91 Å². The van der Waals surface area contributed by atoms with Crippen LogP contribution in [0.15, 0.2) is 0 Å². The number of carbonyl (C=O) groups is 2. The topological polar surface area (TPSA) is 83.6 Å². The van der Waals surface area contributed by atoms with Crippen molar-refractivity contribution in [2.75, 3.05) is 13.1 Å². The molecule has 5 nitrogen and oxygen atoms in total. The Bertz CT molecular complexity index is 329. The summed E-state index contributed by atoms with van der Waals surface area (Å²) in [7, 11) is 0. The molecule has 1 heterocycles. The van der Waals surface area contributed by atoms with Gasteiger partial charge in [-0.15, -0.1) is 0 Å².